The number of benzene rings is 2. The van der Waals surface area contributed by atoms with Gasteiger partial charge in [0.15, 0.2) is 0 Å². The number of halogens is 1. The van der Waals surface area contributed by atoms with Crippen molar-refractivity contribution in [2.45, 2.75) is 6.42 Å². The lowest BCUT2D eigenvalue weighted by atomic mass is 10.1. The molecule has 5 heteroatoms. The number of carbonyl (C=O) groups is 1. The smallest absolute Gasteiger partial charge is 0.318 e. The number of rotatable bonds is 6. The molecule has 4 nitrogen and oxygen atoms in total. The van der Waals surface area contributed by atoms with Crippen LogP contribution >= 0.6 is 11.6 Å². The molecule has 0 atom stereocenters. The van der Waals surface area contributed by atoms with Gasteiger partial charge in [-0.25, -0.2) is 4.79 Å². The van der Waals surface area contributed by atoms with Gasteiger partial charge in [0.2, 0.25) is 0 Å². The van der Waals surface area contributed by atoms with Gasteiger partial charge in [0, 0.05) is 17.8 Å². The summed E-state index contributed by atoms with van der Waals surface area (Å²) in [5.41, 5.74) is 1.98. The average Bonchev–Trinajstić information content (AvgIpc) is 2.55. The van der Waals surface area contributed by atoms with Gasteiger partial charge in [-0.2, -0.15) is 0 Å². The number of hydrogen-bond donors (Lipinski definition) is 2. The molecule has 2 aromatic carbocycles. The molecule has 0 unspecified atom stereocenters. The standard InChI is InChI=1S/C18H19ClN2O2/c1-23-17-8-3-2-6-15(17)10-12-21-18(22)20-11-9-14-5-4-7-16(19)13-14/h2-9,11,13H,10,12H2,1H3,(H2,20,21,22)/b11-9+. The molecule has 0 aliphatic rings. The summed E-state index contributed by atoms with van der Waals surface area (Å²) in [6.07, 6.45) is 4.07. The predicted molar refractivity (Wildman–Crippen MR) is 93.7 cm³/mol. The summed E-state index contributed by atoms with van der Waals surface area (Å²) in [5.74, 6) is 0.829. The van der Waals surface area contributed by atoms with Crippen molar-refractivity contribution in [3.63, 3.8) is 0 Å². The van der Waals surface area contributed by atoms with E-state index in [0.717, 1.165) is 16.9 Å². The Kier molecular flexibility index (Phi) is 6.51. The number of para-hydroxylation sites is 1. The zero-order valence-corrected chi connectivity index (χ0v) is 13.6. The minimum atomic E-state index is -0.252. The van der Waals surface area contributed by atoms with Crippen molar-refractivity contribution in [2.24, 2.45) is 0 Å². The maximum Gasteiger partial charge on any atom is 0.318 e. The minimum absolute atomic E-state index is 0.252. The van der Waals surface area contributed by atoms with E-state index in [1.54, 1.807) is 25.5 Å². The molecule has 0 fully saturated rings. The van der Waals surface area contributed by atoms with E-state index < -0.39 is 0 Å². The van der Waals surface area contributed by atoms with Crippen molar-refractivity contribution in [1.29, 1.82) is 0 Å². The van der Waals surface area contributed by atoms with Crippen molar-refractivity contribution >= 4 is 23.7 Å². The van der Waals surface area contributed by atoms with Gasteiger partial charge in [0.1, 0.15) is 5.75 Å². The number of amides is 2. The Labute approximate surface area is 141 Å². The lowest BCUT2D eigenvalue weighted by Gasteiger charge is -2.08. The number of methoxy groups -OCH3 is 1. The first kappa shape index (κ1) is 16.9. The first-order chi connectivity index (χ1) is 11.2. The SMILES string of the molecule is COc1ccccc1CCNC(=O)N/C=C/c1cccc(Cl)c1. The summed E-state index contributed by atoms with van der Waals surface area (Å²) in [6.45, 7) is 0.525. The highest BCUT2D eigenvalue weighted by atomic mass is 35.5. The summed E-state index contributed by atoms with van der Waals surface area (Å²) >= 11 is 5.89. The highest BCUT2D eigenvalue weighted by molar-refractivity contribution is 6.30. The maximum atomic E-state index is 11.7. The molecular formula is C18H19ClN2O2. The molecule has 2 amide bonds. The molecule has 2 rings (SSSR count). The van der Waals surface area contributed by atoms with Crippen molar-refractivity contribution in [3.05, 3.63) is 70.9 Å². The Bertz CT molecular complexity index is 686. The zero-order valence-electron chi connectivity index (χ0n) is 12.9. The van der Waals surface area contributed by atoms with Crippen molar-refractivity contribution < 1.29 is 9.53 Å². The molecule has 120 valence electrons. The van der Waals surface area contributed by atoms with Gasteiger partial charge >= 0.3 is 6.03 Å². The number of nitrogens with one attached hydrogen (secondary N) is 2. The molecule has 0 bridgehead atoms. The molecule has 0 saturated heterocycles. The number of urea groups is 1. The first-order valence-electron chi connectivity index (χ1n) is 7.27. The summed E-state index contributed by atoms with van der Waals surface area (Å²) < 4.78 is 5.28. The van der Waals surface area contributed by atoms with E-state index in [0.29, 0.717) is 18.0 Å². The molecule has 0 saturated carbocycles. The molecule has 0 heterocycles. The molecule has 0 aromatic heterocycles. The van der Waals surface area contributed by atoms with Crippen LogP contribution in [0.2, 0.25) is 5.02 Å². The molecule has 0 spiro atoms. The number of carbonyl (C=O) groups excluding carboxylic acids is 1. The van der Waals surface area contributed by atoms with Crippen LogP contribution in [0.1, 0.15) is 11.1 Å². The van der Waals surface area contributed by atoms with Crippen LogP contribution in [-0.2, 0) is 6.42 Å². The molecule has 0 radical (unpaired) electrons. The van der Waals surface area contributed by atoms with Crippen LogP contribution in [-0.4, -0.2) is 19.7 Å². The van der Waals surface area contributed by atoms with Crippen LogP contribution in [0.4, 0.5) is 4.79 Å². The van der Waals surface area contributed by atoms with Crippen LogP contribution in [0.5, 0.6) is 5.75 Å². The Morgan fingerprint density at radius 1 is 1.22 bits per heavy atom. The van der Waals surface area contributed by atoms with E-state index in [-0.39, 0.29) is 6.03 Å². The Morgan fingerprint density at radius 3 is 2.83 bits per heavy atom. The maximum absolute atomic E-state index is 11.7. The third-order valence-electron chi connectivity index (χ3n) is 3.21. The largest absolute Gasteiger partial charge is 0.496 e. The third-order valence-corrected chi connectivity index (χ3v) is 3.45. The average molecular weight is 331 g/mol. The predicted octanol–water partition coefficient (Wildman–Crippen LogP) is 3.86. The summed E-state index contributed by atoms with van der Waals surface area (Å²) in [4.78, 5) is 11.7. The van der Waals surface area contributed by atoms with Crippen molar-refractivity contribution in [2.75, 3.05) is 13.7 Å². The summed E-state index contributed by atoms with van der Waals surface area (Å²) in [5, 5.41) is 6.12. The van der Waals surface area contributed by atoms with Crippen LogP contribution < -0.4 is 15.4 Å². The summed E-state index contributed by atoms with van der Waals surface area (Å²) in [7, 11) is 1.64. The fraction of sp³-hybridized carbons (Fsp3) is 0.167. The highest BCUT2D eigenvalue weighted by Gasteiger charge is 2.02. The lowest BCUT2D eigenvalue weighted by molar-refractivity contribution is 0.244. The number of ether oxygens (including phenoxy) is 1. The van der Waals surface area contributed by atoms with Crippen molar-refractivity contribution in [1.82, 2.24) is 10.6 Å². The minimum Gasteiger partial charge on any atom is -0.496 e. The molecule has 23 heavy (non-hydrogen) atoms. The molecule has 2 N–H and O–H groups in total. The molecule has 0 aliphatic heterocycles. The second-order valence-electron chi connectivity index (χ2n) is 4.85. The summed E-state index contributed by atoms with van der Waals surface area (Å²) in [6, 6.07) is 14.9. The number of hydrogen-bond acceptors (Lipinski definition) is 2. The van der Waals surface area contributed by atoms with Crippen LogP contribution in [0.25, 0.3) is 6.08 Å². The van der Waals surface area contributed by atoms with E-state index in [9.17, 15) is 4.79 Å². The monoisotopic (exact) mass is 330 g/mol. The van der Waals surface area contributed by atoms with Gasteiger partial charge in [-0.1, -0.05) is 41.9 Å². The molecular weight excluding hydrogens is 312 g/mol. The van der Waals surface area contributed by atoms with E-state index in [1.807, 2.05) is 42.5 Å². The van der Waals surface area contributed by atoms with Crippen LogP contribution in [0, 0.1) is 0 Å². The molecule has 0 aliphatic carbocycles. The van der Waals surface area contributed by atoms with Gasteiger partial charge < -0.3 is 15.4 Å². The fourth-order valence-electron chi connectivity index (χ4n) is 2.10. The Balaban J connectivity index is 1.75. The topological polar surface area (TPSA) is 50.4 Å². The fourth-order valence-corrected chi connectivity index (χ4v) is 2.29. The van der Waals surface area contributed by atoms with Crippen LogP contribution in [0.3, 0.4) is 0 Å². The zero-order chi connectivity index (χ0) is 16.5. The van der Waals surface area contributed by atoms with Gasteiger partial charge in [-0.05, 0) is 41.8 Å². The molecule has 2 aromatic rings. The Morgan fingerprint density at radius 2 is 2.04 bits per heavy atom. The second kappa shape index (κ2) is 8.86. The Hall–Kier alpha value is -2.46. The second-order valence-corrected chi connectivity index (χ2v) is 5.29. The van der Waals surface area contributed by atoms with E-state index >= 15 is 0 Å². The van der Waals surface area contributed by atoms with Gasteiger partial charge in [-0.3, -0.25) is 0 Å². The van der Waals surface area contributed by atoms with E-state index in [1.165, 1.54) is 0 Å². The van der Waals surface area contributed by atoms with E-state index in [2.05, 4.69) is 10.6 Å². The first-order valence-corrected chi connectivity index (χ1v) is 7.65. The van der Waals surface area contributed by atoms with E-state index in [4.69, 9.17) is 16.3 Å². The van der Waals surface area contributed by atoms with Crippen LogP contribution in [0.15, 0.2) is 54.7 Å². The lowest BCUT2D eigenvalue weighted by Crippen LogP contribution is -2.33. The van der Waals surface area contributed by atoms with Crippen molar-refractivity contribution in [3.8, 4) is 5.75 Å². The third kappa shape index (κ3) is 5.68. The van der Waals surface area contributed by atoms with Gasteiger partial charge in [0.05, 0.1) is 7.11 Å². The normalized spacial score (nSPS) is 10.5. The van der Waals surface area contributed by atoms with Gasteiger partial charge in [-0.15, -0.1) is 0 Å². The highest BCUT2D eigenvalue weighted by Crippen LogP contribution is 2.17. The van der Waals surface area contributed by atoms with Gasteiger partial charge in [0.25, 0.3) is 0 Å². The quantitative estimate of drug-likeness (QED) is 0.845.